The van der Waals surface area contributed by atoms with E-state index in [9.17, 15) is 4.79 Å². The Morgan fingerprint density at radius 1 is 1.40 bits per heavy atom. The molecular formula is C14H18N4OS. The van der Waals surface area contributed by atoms with E-state index in [1.807, 2.05) is 36.6 Å². The van der Waals surface area contributed by atoms with Crippen LogP contribution in [0.25, 0.3) is 0 Å². The fourth-order valence-electron chi connectivity index (χ4n) is 1.84. The van der Waals surface area contributed by atoms with Crippen molar-refractivity contribution in [3.8, 4) is 0 Å². The van der Waals surface area contributed by atoms with Crippen molar-refractivity contribution in [2.45, 2.75) is 26.4 Å². The lowest BCUT2D eigenvalue weighted by Gasteiger charge is -2.14. The molecule has 2 rings (SSSR count). The van der Waals surface area contributed by atoms with Crippen LogP contribution in [0.3, 0.4) is 0 Å². The summed E-state index contributed by atoms with van der Waals surface area (Å²) >= 11 is 1.66. The highest BCUT2D eigenvalue weighted by Gasteiger charge is 2.06. The first-order valence-corrected chi connectivity index (χ1v) is 7.23. The van der Waals surface area contributed by atoms with Gasteiger partial charge in [0.25, 0.3) is 0 Å². The number of urea groups is 1. The average Bonchev–Trinajstić information content (AvgIpc) is 2.82. The zero-order valence-corrected chi connectivity index (χ0v) is 12.3. The minimum atomic E-state index is -0.553. The van der Waals surface area contributed by atoms with Gasteiger partial charge in [0.05, 0.1) is 0 Å². The molecule has 6 heteroatoms. The van der Waals surface area contributed by atoms with Crippen LogP contribution in [0.15, 0.2) is 29.6 Å². The van der Waals surface area contributed by atoms with Crippen molar-refractivity contribution >= 4 is 23.1 Å². The van der Waals surface area contributed by atoms with E-state index in [1.165, 1.54) is 0 Å². The van der Waals surface area contributed by atoms with E-state index in [0.29, 0.717) is 5.69 Å². The Kier molecular flexibility index (Phi) is 4.70. The number of amides is 2. The van der Waals surface area contributed by atoms with Crippen molar-refractivity contribution in [3.05, 3.63) is 45.9 Å². The van der Waals surface area contributed by atoms with Crippen LogP contribution in [0, 0.1) is 6.92 Å². The van der Waals surface area contributed by atoms with E-state index in [-0.39, 0.29) is 6.04 Å². The summed E-state index contributed by atoms with van der Waals surface area (Å²) in [5.74, 6) is 0. The van der Waals surface area contributed by atoms with Gasteiger partial charge in [0.15, 0.2) is 0 Å². The first-order chi connectivity index (χ1) is 9.54. The van der Waals surface area contributed by atoms with E-state index < -0.39 is 6.03 Å². The van der Waals surface area contributed by atoms with Crippen molar-refractivity contribution in [2.24, 2.45) is 5.73 Å². The Labute approximate surface area is 122 Å². The number of hydrogen-bond acceptors (Lipinski definition) is 4. The predicted octanol–water partition coefficient (Wildman–Crippen LogP) is 2.79. The summed E-state index contributed by atoms with van der Waals surface area (Å²) in [6.07, 6.45) is 0. The topological polar surface area (TPSA) is 80.0 Å². The maximum absolute atomic E-state index is 10.7. The van der Waals surface area contributed by atoms with Gasteiger partial charge >= 0.3 is 6.03 Å². The summed E-state index contributed by atoms with van der Waals surface area (Å²) in [5, 5.41) is 9.10. The second kappa shape index (κ2) is 6.49. The summed E-state index contributed by atoms with van der Waals surface area (Å²) in [7, 11) is 0. The molecule has 0 aliphatic carbocycles. The zero-order chi connectivity index (χ0) is 14.5. The van der Waals surface area contributed by atoms with Gasteiger partial charge in [0.2, 0.25) is 0 Å². The molecule has 2 aromatic rings. The Bertz CT molecular complexity index is 579. The number of thiazole rings is 1. The molecule has 0 radical (unpaired) electrons. The maximum Gasteiger partial charge on any atom is 0.316 e. The van der Waals surface area contributed by atoms with Crippen LogP contribution < -0.4 is 16.4 Å². The molecule has 4 N–H and O–H groups in total. The third-order valence-electron chi connectivity index (χ3n) is 2.90. The third kappa shape index (κ3) is 4.04. The number of carbonyl (C=O) groups is 1. The van der Waals surface area contributed by atoms with Crippen LogP contribution in [-0.4, -0.2) is 11.0 Å². The summed E-state index contributed by atoms with van der Waals surface area (Å²) in [6.45, 7) is 4.84. The molecule has 0 aliphatic rings. The molecule has 106 valence electrons. The fraction of sp³-hybridized carbons (Fsp3) is 0.286. The first-order valence-electron chi connectivity index (χ1n) is 6.35. The Morgan fingerprint density at radius 2 is 2.10 bits per heavy atom. The molecule has 0 spiro atoms. The molecule has 5 nitrogen and oxygen atoms in total. The lowest BCUT2D eigenvalue weighted by molar-refractivity contribution is 0.259. The molecule has 2 amide bonds. The molecule has 1 unspecified atom stereocenters. The third-order valence-corrected chi connectivity index (χ3v) is 3.87. The van der Waals surface area contributed by atoms with Gasteiger partial charge in [0, 0.05) is 29.3 Å². The van der Waals surface area contributed by atoms with Gasteiger partial charge in [-0.1, -0.05) is 12.1 Å². The molecule has 0 bridgehead atoms. The van der Waals surface area contributed by atoms with E-state index >= 15 is 0 Å². The summed E-state index contributed by atoms with van der Waals surface area (Å²) in [6, 6.07) is 7.27. The monoisotopic (exact) mass is 290 g/mol. The molecule has 1 aromatic heterocycles. The molecule has 0 saturated carbocycles. The predicted molar refractivity (Wildman–Crippen MR) is 81.8 cm³/mol. The smallest absolute Gasteiger partial charge is 0.316 e. The molecule has 1 atom stereocenters. The van der Waals surface area contributed by atoms with Crippen LogP contribution in [0.4, 0.5) is 10.5 Å². The van der Waals surface area contributed by atoms with E-state index in [4.69, 9.17) is 5.73 Å². The summed E-state index contributed by atoms with van der Waals surface area (Å²) in [5.41, 5.74) is 7.97. The number of nitrogens with two attached hydrogens (primary N) is 1. The minimum absolute atomic E-state index is 0.210. The number of aromatic nitrogens is 1. The maximum atomic E-state index is 10.7. The van der Waals surface area contributed by atoms with Gasteiger partial charge in [-0.3, -0.25) is 0 Å². The van der Waals surface area contributed by atoms with Crippen LogP contribution in [0.5, 0.6) is 0 Å². The molecular weight excluding hydrogens is 272 g/mol. The lowest BCUT2D eigenvalue weighted by Crippen LogP contribution is -2.20. The van der Waals surface area contributed by atoms with Crippen molar-refractivity contribution in [1.82, 2.24) is 10.3 Å². The van der Waals surface area contributed by atoms with Gasteiger partial charge in [-0.05, 0) is 31.5 Å². The molecule has 20 heavy (non-hydrogen) atoms. The van der Waals surface area contributed by atoms with Crippen LogP contribution in [0.1, 0.15) is 29.2 Å². The lowest BCUT2D eigenvalue weighted by atomic mass is 10.1. The largest absolute Gasteiger partial charge is 0.351 e. The fourth-order valence-corrected chi connectivity index (χ4v) is 2.56. The number of anilines is 1. The van der Waals surface area contributed by atoms with E-state index in [0.717, 1.165) is 22.8 Å². The zero-order valence-electron chi connectivity index (χ0n) is 11.5. The van der Waals surface area contributed by atoms with Crippen molar-refractivity contribution in [2.75, 3.05) is 5.32 Å². The quantitative estimate of drug-likeness (QED) is 0.792. The number of primary amides is 1. The van der Waals surface area contributed by atoms with Crippen LogP contribution in [-0.2, 0) is 6.54 Å². The highest BCUT2D eigenvalue weighted by Crippen LogP contribution is 2.17. The second-order valence-corrected chi connectivity index (χ2v) is 5.54. The average molecular weight is 290 g/mol. The van der Waals surface area contributed by atoms with E-state index in [2.05, 4.69) is 22.5 Å². The second-order valence-electron chi connectivity index (χ2n) is 4.60. The summed E-state index contributed by atoms with van der Waals surface area (Å²) < 4.78 is 0. The normalized spacial score (nSPS) is 12.1. The van der Waals surface area contributed by atoms with Crippen LogP contribution >= 0.6 is 11.3 Å². The molecule has 1 heterocycles. The van der Waals surface area contributed by atoms with Gasteiger partial charge in [-0.15, -0.1) is 11.3 Å². The van der Waals surface area contributed by atoms with Gasteiger partial charge in [0.1, 0.15) is 5.01 Å². The standard InChI is InChI=1S/C14H18N4OS/c1-9-8-20-13(17-9)7-16-10(2)11-3-5-12(6-4-11)18-14(15)19/h3-6,8,10,16H,7H2,1-2H3,(H3,15,18,19). The van der Waals surface area contributed by atoms with Crippen molar-refractivity contribution < 1.29 is 4.79 Å². The number of aryl methyl sites for hydroxylation is 1. The van der Waals surface area contributed by atoms with Crippen molar-refractivity contribution in [1.29, 1.82) is 0 Å². The van der Waals surface area contributed by atoms with Crippen LogP contribution in [0.2, 0.25) is 0 Å². The SMILES string of the molecule is Cc1csc(CNC(C)c2ccc(NC(N)=O)cc2)n1. The Balaban J connectivity index is 1.91. The minimum Gasteiger partial charge on any atom is -0.351 e. The molecule has 0 saturated heterocycles. The number of nitrogens with one attached hydrogen (secondary N) is 2. The Morgan fingerprint density at radius 3 is 2.65 bits per heavy atom. The van der Waals surface area contributed by atoms with Gasteiger partial charge in [-0.25, -0.2) is 9.78 Å². The highest BCUT2D eigenvalue weighted by atomic mass is 32.1. The number of benzene rings is 1. The molecule has 1 aromatic carbocycles. The Hall–Kier alpha value is -1.92. The number of carbonyl (C=O) groups excluding carboxylic acids is 1. The number of hydrogen-bond donors (Lipinski definition) is 3. The number of rotatable bonds is 5. The van der Waals surface area contributed by atoms with Gasteiger partial charge < -0.3 is 16.4 Å². The highest BCUT2D eigenvalue weighted by molar-refractivity contribution is 7.09. The number of nitrogens with zero attached hydrogens (tertiary/aromatic N) is 1. The van der Waals surface area contributed by atoms with Gasteiger partial charge in [-0.2, -0.15) is 0 Å². The van der Waals surface area contributed by atoms with Crippen molar-refractivity contribution in [3.63, 3.8) is 0 Å². The first kappa shape index (κ1) is 14.5. The van der Waals surface area contributed by atoms with E-state index in [1.54, 1.807) is 11.3 Å². The summed E-state index contributed by atoms with van der Waals surface area (Å²) in [4.78, 5) is 15.2. The molecule has 0 aliphatic heterocycles. The molecule has 0 fully saturated rings.